The van der Waals surface area contributed by atoms with Crippen molar-refractivity contribution in [2.75, 3.05) is 26.2 Å². The van der Waals surface area contributed by atoms with E-state index >= 15 is 0 Å². The minimum absolute atomic E-state index is 0.0125. The molecule has 7 nitrogen and oxygen atoms in total. The molecule has 0 bridgehead atoms. The molecule has 2 aliphatic heterocycles. The topological polar surface area (TPSA) is 86.9 Å². The van der Waals surface area contributed by atoms with Gasteiger partial charge in [-0.3, -0.25) is 9.59 Å². The molecule has 2 aromatic rings. The maximum Gasteiger partial charge on any atom is 0.251 e. The Labute approximate surface area is 162 Å². The van der Waals surface area contributed by atoms with E-state index in [9.17, 15) is 19.1 Å². The highest BCUT2D eigenvalue weighted by molar-refractivity contribution is 5.87. The number of carbonyl (C=O) groups excluding carboxylic acids is 2. The molecule has 2 fully saturated rings. The summed E-state index contributed by atoms with van der Waals surface area (Å²) in [4.78, 5) is 32.6. The Hall–Kier alpha value is -2.48. The summed E-state index contributed by atoms with van der Waals surface area (Å²) in [6.07, 6.45) is 2.65. The van der Waals surface area contributed by atoms with E-state index in [1.165, 1.54) is 17.0 Å². The van der Waals surface area contributed by atoms with Crippen molar-refractivity contribution in [1.82, 2.24) is 14.8 Å². The number of aliphatic hydroxyl groups is 1. The van der Waals surface area contributed by atoms with Crippen LogP contribution in [-0.4, -0.2) is 64.0 Å². The van der Waals surface area contributed by atoms with Crippen LogP contribution in [0.5, 0.6) is 0 Å². The molecular formula is C20H24FN3O4. The predicted octanol–water partition coefficient (Wildman–Crippen LogP) is 2.05. The number of fused-ring (bicyclic) bond motifs is 1. The summed E-state index contributed by atoms with van der Waals surface area (Å²) in [6, 6.07) is 4.24. The molecule has 28 heavy (non-hydrogen) atoms. The third kappa shape index (κ3) is 3.87. The summed E-state index contributed by atoms with van der Waals surface area (Å²) in [7, 11) is 0. The highest BCUT2D eigenvalue weighted by Gasteiger charge is 2.31. The number of likely N-dealkylation sites (tertiary alicyclic amines) is 2. The van der Waals surface area contributed by atoms with Gasteiger partial charge < -0.3 is 19.3 Å². The molecule has 3 heterocycles. The first-order valence-electron chi connectivity index (χ1n) is 9.82. The number of hydrogen-bond donors (Lipinski definition) is 1. The van der Waals surface area contributed by atoms with Crippen molar-refractivity contribution in [3.05, 3.63) is 29.9 Å². The lowest BCUT2D eigenvalue weighted by Gasteiger charge is -2.33. The number of oxazole rings is 1. The number of rotatable bonds is 3. The van der Waals surface area contributed by atoms with Crippen molar-refractivity contribution in [3.8, 4) is 0 Å². The molecule has 8 heteroatoms. The number of amides is 2. The zero-order valence-corrected chi connectivity index (χ0v) is 15.6. The lowest BCUT2D eigenvalue weighted by molar-refractivity contribution is -0.145. The number of benzene rings is 1. The monoisotopic (exact) mass is 389 g/mol. The first-order chi connectivity index (χ1) is 13.5. The van der Waals surface area contributed by atoms with E-state index in [0.29, 0.717) is 43.0 Å². The van der Waals surface area contributed by atoms with Crippen LogP contribution in [0, 0.1) is 5.82 Å². The van der Waals surface area contributed by atoms with Gasteiger partial charge >= 0.3 is 0 Å². The lowest BCUT2D eigenvalue weighted by atomic mass is 9.98. The van der Waals surface area contributed by atoms with Gasteiger partial charge in [-0.25, -0.2) is 9.37 Å². The molecule has 0 radical (unpaired) electrons. The number of aromatic nitrogens is 1. The van der Waals surface area contributed by atoms with Crippen LogP contribution >= 0.6 is 0 Å². The van der Waals surface area contributed by atoms with Gasteiger partial charge in [0.2, 0.25) is 5.91 Å². The predicted molar refractivity (Wildman–Crippen MR) is 99.0 cm³/mol. The van der Waals surface area contributed by atoms with E-state index < -0.39 is 6.10 Å². The molecule has 2 amide bonds. The summed E-state index contributed by atoms with van der Waals surface area (Å²) in [5.41, 5.74) is 1.01. The summed E-state index contributed by atoms with van der Waals surface area (Å²) >= 11 is 0. The molecule has 2 atom stereocenters. The molecular weight excluding hydrogens is 365 g/mol. The molecule has 4 rings (SSSR count). The largest absolute Gasteiger partial charge is 0.440 e. The van der Waals surface area contributed by atoms with E-state index in [1.807, 2.05) is 0 Å². The van der Waals surface area contributed by atoms with Crippen LogP contribution in [0.25, 0.3) is 11.1 Å². The Kier molecular flexibility index (Phi) is 5.30. The fourth-order valence-electron chi connectivity index (χ4n) is 4.00. The van der Waals surface area contributed by atoms with Crippen LogP contribution in [0.1, 0.15) is 43.9 Å². The van der Waals surface area contributed by atoms with Gasteiger partial charge in [0.25, 0.3) is 5.91 Å². The van der Waals surface area contributed by atoms with E-state index in [0.717, 1.165) is 25.7 Å². The molecule has 1 N–H and O–H groups in total. The van der Waals surface area contributed by atoms with Crippen molar-refractivity contribution in [2.24, 2.45) is 0 Å². The minimum Gasteiger partial charge on any atom is -0.440 e. The van der Waals surface area contributed by atoms with Gasteiger partial charge in [-0.2, -0.15) is 0 Å². The van der Waals surface area contributed by atoms with E-state index in [4.69, 9.17) is 4.42 Å². The van der Waals surface area contributed by atoms with Gasteiger partial charge in [0.05, 0.1) is 12.5 Å². The number of carbonyl (C=O) groups is 2. The zero-order valence-electron chi connectivity index (χ0n) is 15.6. The first-order valence-corrected chi connectivity index (χ1v) is 9.82. The summed E-state index contributed by atoms with van der Waals surface area (Å²) in [5, 5.41) is 9.87. The minimum atomic E-state index is -1.01. The Bertz CT molecular complexity index is 883. The fraction of sp³-hybridized carbons (Fsp3) is 0.550. The van der Waals surface area contributed by atoms with Crippen molar-refractivity contribution >= 4 is 22.9 Å². The summed E-state index contributed by atoms with van der Waals surface area (Å²) in [5.74, 6) is -0.410. The fourth-order valence-corrected chi connectivity index (χ4v) is 4.00. The highest BCUT2D eigenvalue weighted by atomic mass is 19.1. The quantitative estimate of drug-likeness (QED) is 0.868. The van der Waals surface area contributed by atoms with Crippen LogP contribution in [0.4, 0.5) is 4.39 Å². The molecule has 150 valence electrons. The van der Waals surface area contributed by atoms with Crippen molar-refractivity contribution in [2.45, 2.75) is 44.1 Å². The average Bonchev–Trinajstić information content (AvgIpc) is 3.05. The van der Waals surface area contributed by atoms with Crippen LogP contribution in [-0.2, 0) is 9.59 Å². The van der Waals surface area contributed by atoms with Crippen molar-refractivity contribution < 1.29 is 23.5 Å². The van der Waals surface area contributed by atoms with Crippen LogP contribution in [0.3, 0.4) is 0 Å². The smallest absolute Gasteiger partial charge is 0.251 e. The van der Waals surface area contributed by atoms with Gasteiger partial charge in [0.15, 0.2) is 11.5 Å². The number of halogens is 1. The second kappa shape index (κ2) is 7.87. The number of aliphatic hydroxyl groups excluding tert-OH is 1. The summed E-state index contributed by atoms with van der Waals surface area (Å²) in [6.45, 7) is 1.56. The van der Waals surface area contributed by atoms with Gasteiger partial charge in [-0.15, -0.1) is 0 Å². The first kappa shape index (κ1) is 18.9. The van der Waals surface area contributed by atoms with E-state index in [-0.39, 0.29) is 30.1 Å². The molecule has 2 saturated heterocycles. The van der Waals surface area contributed by atoms with Crippen molar-refractivity contribution in [1.29, 1.82) is 0 Å². The molecule has 1 aromatic carbocycles. The molecule has 0 spiro atoms. The molecule has 0 saturated carbocycles. The molecule has 2 unspecified atom stereocenters. The lowest BCUT2D eigenvalue weighted by Crippen LogP contribution is -2.48. The summed E-state index contributed by atoms with van der Waals surface area (Å²) < 4.78 is 19.1. The zero-order chi connectivity index (χ0) is 19.7. The van der Waals surface area contributed by atoms with Crippen molar-refractivity contribution in [3.63, 3.8) is 0 Å². The van der Waals surface area contributed by atoms with Crippen LogP contribution in [0.2, 0.25) is 0 Å². The average molecular weight is 389 g/mol. The Morgan fingerprint density at radius 3 is 2.96 bits per heavy atom. The maximum absolute atomic E-state index is 13.4. The second-order valence-corrected chi connectivity index (χ2v) is 7.61. The molecule has 0 aliphatic carbocycles. The van der Waals surface area contributed by atoms with Gasteiger partial charge in [-0.05, 0) is 44.2 Å². The Morgan fingerprint density at radius 2 is 2.11 bits per heavy atom. The van der Waals surface area contributed by atoms with Gasteiger partial charge in [-0.1, -0.05) is 0 Å². The molecule has 2 aliphatic rings. The Morgan fingerprint density at radius 1 is 1.25 bits per heavy atom. The van der Waals surface area contributed by atoms with Gasteiger partial charge in [0.1, 0.15) is 17.4 Å². The normalized spacial score (nSPS) is 23.9. The number of hydrogen-bond acceptors (Lipinski definition) is 5. The standard InChI is InChI=1S/C20H24FN3O4/c21-14-6-7-15-17(10-14)28-19(22-15)13-4-3-9-23(11-13)18(26)12-24-8-2-1-5-16(25)20(24)27/h6-7,10,13,16,25H,1-5,8-9,11-12H2. The van der Waals surface area contributed by atoms with Gasteiger partial charge in [0, 0.05) is 25.7 Å². The second-order valence-electron chi connectivity index (χ2n) is 7.61. The third-order valence-corrected chi connectivity index (χ3v) is 5.57. The van der Waals surface area contributed by atoms with E-state index in [1.54, 1.807) is 11.0 Å². The highest BCUT2D eigenvalue weighted by Crippen LogP contribution is 2.29. The SMILES string of the molecule is O=C(CN1CCCCC(O)C1=O)N1CCCC(c2nc3ccc(F)cc3o2)C1. The van der Waals surface area contributed by atoms with Crippen LogP contribution < -0.4 is 0 Å². The number of nitrogens with zero attached hydrogens (tertiary/aromatic N) is 3. The van der Waals surface area contributed by atoms with E-state index in [2.05, 4.69) is 4.98 Å². The maximum atomic E-state index is 13.4. The Balaban J connectivity index is 1.43. The van der Waals surface area contributed by atoms with Crippen LogP contribution in [0.15, 0.2) is 22.6 Å². The molecule has 1 aromatic heterocycles. The third-order valence-electron chi connectivity index (χ3n) is 5.57. The number of piperidine rings is 1.